The molecule has 0 atom stereocenters. The number of hydrogen-bond donors (Lipinski definition) is 0. The van der Waals surface area contributed by atoms with Crippen LogP contribution >= 0.6 is 11.6 Å². The lowest BCUT2D eigenvalue weighted by Gasteiger charge is -2.20. The van der Waals surface area contributed by atoms with E-state index in [9.17, 15) is 0 Å². The molecule has 0 saturated carbocycles. The summed E-state index contributed by atoms with van der Waals surface area (Å²) in [4.78, 5) is 2.15. The van der Waals surface area contributed by atoms with Gasteiger partial charge in [-0.3, -0.25) is 0 Å². The second-order valence-electron chi connectivity index (χ2n) is 5.45. The Morgan fingerprint density at radius 3 is 1.55 bits per heavy atom. The van der Waals surface area contributed by atoms with Crippen molar-refractivity contribution in [1.29, 1.82) is 0 Å². The first-order valence-corrected chi connectivity index (χ1v) is 7.68. The molecule has 0 aliphatic rings. The lowest BCUT2D eigenvalue weighted by Crippen LogP contribution is -2.08. The van der Waals surface area contributed by atoms with Crippen LogP contribution in [0.2, 0.25) is 5.02 Å². The van der Waals surface area contributed by atoms with Crippen molar-refractivity contribution >= 4 is 23.0 Å². The highest BCUT2D eigenvalue weighted by molar-refractivity contribution is 6.30. The second-order valence-corrected chi connectivity index (χ2v) is 5.88. The summed E-state index contributed by atoms with van der Waals surface area (Å²) < 4.78 is 0. The Morgan fingerprint density at radius 2 is 1.05 bits per heavy atom. The highest BCUT2D eigenvalue weighted by atomic mass is 35.5. The molecule has 0 spiro atoms. The van der Waals surface area contributed by atoms with E-state index in [2.05, 4.69) is 67.4 Å². The smallest absolute Gasteiger partial charge is 0.0409 e. The number of benzene rings is 3. The molecule has 2 heteroatoms. The van der Waals surface area contributed by atoms with Crippen LogP contribution in [0, 0.1) is 6.92 Å². The Balaban J connectivity index is 1.84. The molecule has 110 valence electrons. The molecule has 22 heavy (non-hydrogen) atoms. The van der Waals surface area contributed by atoms with E-state index in [0.29, 0.717) is 0 Å². The Morgan fingerprint density at radius 1 is 0.636 bits per heavy atom. The van der Waals surface area contributed by atoms with Gasteiger partial charge in [-0.15, -0.1) is 0 Å². The van der Waals surface area contributed by atoms with Gasteiger partial charge in [-0.05, 0) is 54.4 Å². The standard InChI is InChI=1S/C20H18ClN/c1-15-3-5-16(6-4-15)17-7-11-19(12-8-17)22(2)20-13-9-18(21)10-14-20/h3-14H,1-2H3. The fourth-order valence-electron chi connectivity index (χ4n) is 2.44. The number of rotatable bonds is 3. The average Bonchev–Trinajstić information content (AvgIpc) is 2.56. The van der Waals surface area contributed by atoms with Crippen LogP contribution in [-0.2, 0) is 0 Å². The summed E-state index contributed by atoms with van der Waals surface area (Å²) in [6, 6.07) is 25.1. The fourth-order valence-corrected chi connectivity index (χ4v) is 2.56. The third-order valence-electron chi connectivity index (χ3n) is 3.85. The number of nitrogens with zero attached hydrogens (tertiary/aromatic N) is 1. The third-order valence-corrected chi connectivity index (χ3v) is 4.11. The molecule has 0 aromatic heterocycles. The van der Waals surface area contributed by atoms with Crippen LogP contribution in [0.1, 0.15) is 5.56 Å². The highest BCUT2D eigenvalue weighted by Gasteiger charge is 2.04. The van der Waals surface area contributed by atoms with Crippen LogP contribution in [-0.4, -0.2) is 7.05 Å². The monoisotopic (exact) mass is 307 g/mol. The van der Waals surface area contributed by atoms with E-state index in [1.165, 1.54) is 16.7 Å². The third kappa shape index (κ3) is 3.15. The molecule has 1 nitrogen and oxygen atoms in total. The summed E-state index contributed by atoms with van der Waals surface area (Å²) in [5.41, 5.74) is 6.02. The Kier molecular flexibility index (Phi) is 4.17. The van der Waals surface area contributed by atoms with Crippen molar-refractivity contribution in [3.05, 3.63) is 83.4 Å². The van der Waals surface area contributed by atoms with Gasteiger partial charge in [0, 0.05) is 23.4 Å². The zero-order valence-corrected chi connectivity index (χ0v) is 13.5. The lowest BCUT2D eigenvalue weighted by atomic mass is 10.0. The van der Waals surface area contributed by atoms with Crippen LogP contribution in [0.25, 0.3) is 11.1 Å². The molecule has 0 heterocycles. The van der Waals surface area contributed by atoms with Crippen molar-refractivity contribution < 1.29 is 0 Å². The molecule has 0 aliphatic heterocycles. The summed E-state index contributed by atoms with van der Waals surface area (Å²) in [6.45, 7) is 2.11. The maximum Gasteiger partial charge on any atom is 0.0409 e. The highest BCUT2D eigenvalue weighted by Crippen LogP contribution is 2.27. The number of hydrogen-bond acceptors (Lipinski definition) is 1. The SMILES string of the molecule is Cc1ccc(-c2ccc(N(C)c3ccc(Cl)cc3)cc2)cc1. The molecule has 3 aromatic rings. The molecule has 0 fully saturated rings. The van der Waals surface area contributed by atoms with E-state index in [-0.39, 0.29) is 0 Å². The van der Waals surface area contributed by atoms with Crippen LogP contribution in [0.5, 0.6) is 0 Å². The van der Waals surface area contributed by atoms with E-state index in [1.54, 1.807) is 0 Å². The molecule has 0 radical (unpaired) electrons. The summed E-state index contributed by atoms with van der Waals surface area (Å²) in [7, 11) is 2.06. The molecule has 3 aromatic carbocycles. The van der Waals surface area contributed by atoms with Crippen LogP contribution < -0.4 is 4.90 Å². The van der Waals surface area contributed by atoms with Gasteiger partial charge < -0.3 is 4.90 Å². The predicted octanol–water partition coefficient (Wildman–Crippen LogP) is 6.08. The van der Waals surface area contributed by atoms with E-state index in [4.69, 9.17) is 11.6 Å². The molecule has 0 saturated heterocycles. The molecule has 0 aliphatic carbocycles. The molecular formula is C20H18ClN. The van der Waals surface area contributed by atoms with Crippen molar-refractivity contribution in [2.24, 2.45) is 0 Å². The zero-order chi connectivity index (χ0) is 15.5. The van der Waals surface area contributed by atoms with Crippen LogP contribution in [0.15, 0.2) is 72.8 Å². The lowest BCUT2D eigenvalue weighted by molar-refractivity contribution is 1.21. The summed E-state index contributed by atoms with van der Waals surface area (Å²) in [5.74, 6) is 0. The molecule has 0 N–H and O–H groups in total. The Hall–Kier alpha value is -2.25. The van der Waals surface area contributed by atoms with Crippen LogP contribution in [0.4, 0.5) is 11.4 Å². The zero-order valence-electron chi connectivity index (χ0n) is 12.8. The first-order chi connectivity index (χ1) is 10.6. The van der Waals surface area contributed by atoms with Gasteiger partial charge in [0.1, 0.15) is 0 Å². The van der Waals surface area contributed by atoms with E-state index < -0.39 is 0 Å². The van der Waals surface area contributed by atoms with Crippen LogP contribution in [0.3, 0.4) is 0 Å². The first kappa shape index (κ1) is 14.7. The quantitative estimate of drug-likeness (QED) is 0.566. The van der Waals surface area contributed by atoms with Gasteiger partial charge in [-0.1, -0.05) is 53.6 Å². The van der Waals surface area contributed by atoms with Crippen molar-refractivity contribution in [2.75, 3.05) is 11.9 Å². The maximum absolute atomic E-state index is 5.94. The molecule has 0 bridgehead atoms. The fraction of sp³-hybridized carbons (Fsp3) is 0.100. The van der Waals surface area contributed by atoms with E-state index in [0.717, 1.165) is 16.4 Å². The number of anilines is 2. The topological polar surface area (TPSA) is 3.24 Å². The van der Waals surface area contributed by atoms with Gasteiger partial charge in [0.05, 0.1) is 0 Å². The minimum Gasteiger partial charge on any atom is -0.345 e. The Labute approximate surface area is 136 Å². The maximum atomic E-state index is 5.94. The normalized spacial score (nSPS) is 10.5. The van der Waals surface area contributed by atoms with Crippen molar-refractivity contribution in [3.8, 4) is 11.1 Å². The number of aryl methyl sites for hydroxylation is 1. The number of halogens is 1. The predicted molar refractivity (Wildman–Crippen MR) is 96.1 cm³/mol. The molecule has 3 rings (SSSR count). The average molecular weight is 308 g/mol. The minimum atomic E-state index is 0.756. The largest absolute Gasteiger partial charge is 0.345 e. The van der Waals surface area contributed by atoms with E-state index in [1.807, 2.05) is 24.3 Å². The van der Waals surface area contributed by atoms with Gasteiger partial charge in [0.2, 0.25) is 0 Å². The molecular weight excluding hydrogens is 290 g/mol. The van der Waals surface area contributed by atoms with Gasteiger partial charge in [0.15, 0.2) is 0 Å². The van der Waals surface area contributed by atoms with Gasteiger partial charge in [-0.2, -0.15) is 0 Å². The molecule has 0 unspecified atom stereocenters. The first-order valence-electron chi connectivity index (χ1n) is 7.30. The van der Waals surface area contributed by atoms with Gasteiger partial charge in [0.25, 0.3) is 0 Å². The van der Waals surface area contributed by atoms with Gasteiger partial charge >= 0.3 is 0 Å². The van der Waals surface area contributed by atoms with Crippen molar-refractivity contribution in [3.63, 3.8) is 0 Å². The summed E-state index contributed by atoms with van der Waals surface area (Å²) >= 11 is 5.94. The second kappa shape index (κ2) is 6.25. The van der Waals surface area contributed by atoms with Crippen molar-refractivity contribution in [2.45, 2.75) is 6.92 Å². The summed E-state index contributed by atoms with van der Waals surface area (Å²) in [5, 5.41) is 0.756. The minimum absolute atomic E-state index is 0.756. The summed E-state index contributed by atoms with van der Waals surface area (Å²) in [6.07, 6.45) is 0. The Bertz CT molecular complexity index is 743. The van der Waals surface area contributed by atoms with E-state index >= 15 is 0 Å². The van der Waals surface area contributed by atoms with Crippen molar-refractivity contribution in [1.82, 2.24) is 0 Å². The molecule has 0 amide bonds. The van der Waals surface area contributed by atoms with Gasteiger partial charge in [-0.25, -0.2) is 0 Å².